The Morgan fingerprint density at radius 1 is 0.432 bits per heavy atom. The van der Waals surface area contributed by atoms with Gasteiger partial charge in [-0.2, -0.15) is 0 Å². The standard InChI is InChI=1S/C34H19N3/c1-2-12-29-23(7-1)27-10-4-11-28-25-9-3-8-24-21(15-16-30(31(24)25)37(29)34(27)28)22-17-19-36-33-26(22)14-13-20-6-5-18-35-32(20)33/h1-19H. The van der Waals surface area contributed by atoms with E-state index in [1.165, 1.54) is 60.0 Å². The molecule has 0 N–H and O–H groups in total. The maximum absolute atomic E-state index is 4.75. The van der Waals surface area contributed by atoms with Crippen LogP contribution in [0.2, 0.25) is 0 Å². The second-order valence-corrected chi connectivity index (χ2v) is 9.81. The average Bonchev–Trinajstić information content (AvgIpc) is 3.31. The van der Waals surface area contributed by atoms with Crippen molar-refractivity contribution in [3.8, 4) is 11.1 Å². The zero-order chi connectivity index (χ0) is 24.1. The summed E-state index contributed by atoms with van der Waals surface area (Å²) in [6.07, 6.45) is 3.76. The van der Waals surface area contributed by atoms with Gasteiger partial charge in [-0.25, -0.2) is 0 Å². The summed E-state index contributed by atoms with van der Waals surface area (Å²) in [4.78, 5) is 9.42. The van der Waals surface area contributed by atoms with Crippen LogP contribution >= 0.6 is 0 Å². The van der Waals surface area contributed by atoms with Crippen molar-refractivity contribution in [2.45, 2.75) is 0 Å². The van der Waals surface area contributed by atoms with E-state index in [1.54, 1.807) is 0 Å². The number of fused-ring (bicyclic) bond motifs is 8. The zero-order valence-corrected chi connectivity index (χ0v) is 19.8. The molecule has 0 atom stereocenters. The minimum Gasteiger partial charge on any atom is -0.308 e. The second-order valence-electron chi connectivity index (χ2n) is 9.81. The Balaban J connectivity index is 1.48. The lowest BCUT2D eigenvalue weighted by Crippen LogP contribution is -1.94. The fourth-order valence-corrected chi connectivity index (χ4v) is 6.51. The summed E-state index contributed by atoms with van der Waals surface area (Å²) < 4.78 is 2.46. The van der Waals surface area contributed by atoms with Gasteiger partial charge in [0, 0.05) is 44.7 Å². The average molecular weight is 470 g/mol. The number of aromatic nitrogens is 3. The molecule has 3 nitrogen and oxygen atoms in total. The van der Waals surface area contributed by atoms with Crippen LogP contribution < -0.4 is 0 Å². The minimum absolute atomic E-state index is 0.944. The lowest BCUT2D eigenvalue weighted by molar-refractivity contribution is 1.35. The van der Waals surface area contributed by atoms with Crippen molar-refractivity contribution >= 4 is 70.7 Å². The molecule has 0 spiro atoms. The molecule has 0 aliphatic heterocycles. The summed E-state index contributed by atoms with van der Waals surface area (Å²) >= 11 is 0. The number of para-hydroxylation sites is 2. The first-order chi connectivity index (χ1) is 18.4. The summed E-state index contributed by atoms with van der Waals surface area (Å²) in [5.41, 5.74) is 8.07. The van der Waals surface area contributed by atoms with E-state index in [4.69, 9.17) is 4.98 Å². The fourth-order valence-electron chi connectivity index (χ4n) is 6.51. The molecule has 37 heavy (non-hydrogen) atoms. The molecule has 0 radical (unpaired) electrons. The third-order valence-corrected chi connectivity index (χ3v) is 8.02. The van der Waals surface area contributed by atoms with Crippen LogP contribution in [0, 0.1) is 0 Å². The van der Waals surface area contributed by atoms with Crippen LogP contribution in [-0.4, -0.2) is 14.4 Å². The van der Waals surface area contributed by atoms with Gasteiger partial charge in [0.1, 0.15) is 0 Å². The molecule has 4 heterocycles. The molecule has 0 aliphatic rings. The number of benzene rings is 5. The van der Waals surface area contributed by atoms with Gasteiger partial charge in [-0.15, -0.1) is 0 Å². The molecule has 0 bridgehead atoms. The first kappa shape index (κ1) is 19.2. The van der Waals surface area contributed by atoms with Crippen molar-refractivity contribution in [1.29, 1.82) is 0 Å². The van der Waals surface area contributed by atoms with Gasteiger partial charge >= 0.3 is 0 Å². The van der Waals surface area contributed by atoms with Crippen molar-refractivity contribution in [2.75, 3.05) is 0 Å². The highest BCUT2D eigenvalue weighted by molar-refractivity contribution is 6.28. The van der Waals surface area contributed by atoms with Gasteiger partial charge in [0.25, 0.3) is 0 Å². The van der Waals surface area contributed by atoms with Gasteiger partial charge < -0.3 is 4.40 Å². The highest BCUT2D eigenvalue weighted by Crippen LogP contribution is 2.43. The molecular formula is C34H19N3. The van der Waals surface area contributed by atoms with E-state index in [0.29, 0.717) is 0 Å². The van der Waals surface area contributed by atoms with Crippen LogP contribution in [0.3, 0.4) is 0 Å². The number of rotatable bonds is 1. The number of pyridine rings is 3. The van der Waals surface area contributed by atoms with Crippen LogP contribution in [0.1, 0.15) is 0 Å². The van der Waals surface area contributed by atoms with Crippen molar-refractivity contribution in [2.24, 2.45) is 0 Å². The molecule has 9 aromatic rings. The minimum atomic E-state index is 0.944. The molecule has 0 fully saturated rings. The van der Waals surface area contributed by atoms with E-state index in [-0.39, 0.29) is 0 Å². The van der Waals surface area contributed by atoms with E-state index < -0.39 is 0 Å². The van der Waals surface area contributed by atoms with Crippen LogP contribution in [0.15, 0.2) is 116 Å². The molecule has 5 aromatic carbocycles. The van der Waals surface area contributed by atoms with E-state index in [0.717, 1.165) is 21.8 Å². The van der Waals surface area contributed by atoms with Gasteiger partial charge in [-0.1, -0.05) is 78.9 Å². The van der Waals surface area contributed by atoms with E-state index in [2.05, 4.69) is 106 Å². The van der Waals surface area contributed by atoms with Gasteiger partial charge in [-0.05, 0) is 46.2 Å². The molecule has 4 aromatic heterocycles. The lowest BCUT2D eigenvalue weighted by atomic mass is 9.92. The van der Waals surface area contributed by atoms with Gasteiger partial charge in [0.15, 0.2) is 0 Å². The SMILES string of the molecule is c1cnc2c(c1)ccc1c(-c3ccc4c5c3cccc5c3cccc5c6ccccc6n4c35)ccnc12. The molecule has 3 heteroatoms. The highest BCUT2D eigenvalue weighted by atomic mass is 14.9. The molecule has 0 aliphatic carbocycles. The molecule has 0 saturated carbocycles. The van der Waals surface area contributed by atoms with Crippen LogP contribution in [-0.2, 0) is 0 Å². The van der Waals surface area contributed by atoms with Crippen molar-refractivity contribution in [3.05, 3.63) is 116 Å². The maximum atomic E-state index is 4.75. The Labute approximate surface area is 211 Å². The quantitative estimate of drug-likeness (QED) is 0.178. The van der Waals surface area contributed by atoms with E-state index in [1.807, 2.05) is 18.5 Å². The topological polar surface area (TPSA) is 30.2 Å². The number of nitrogens with zero attached hydrogens (tertiary/aromatic N) is 3. The molecule has 0 unspecified atom stereocenters. The summed E-state index contributed by atoms with van der Waals surface area (Å²) in [6.45, 7) is 0. The predicted molar refractivity (Wildman–Crippen MR) is 155 cm³/mol. The summed E-state index contributed by atoms with van der Waals surface area (Å²) in [5.74, 6) is 0. The van der Waals surface area contributed by atoms with Crippen molar-refractivity contribution in [1.82, 2.24) is 14.4 Å². The number of hydrogen-bond donors (Lipinski definition) is 0. The van der Waals surface area contributed by atoms with Crippen LogP contribution in [0.4, 0.5) is 0 Å². The monoisotopic (exact) mass is 469 g/mol. The van der Waals surface area contributed by atoms with Gasteiger partial charge in [0.2, 0.25) is 0 Å². The molecule has 9 rings (SSSR count). The Hall–Kier alpha value is -5.02. The molecule has 0 amide bonds. The molecular weight excluding hydrogens is 450 g/mol. The normalized spacial score (nSPS) is 12.3. The van der Waals surface area contributed by atoms with Crippen molar-refractivity contribution < 1.29 is 0 Å². The highest BCUT2D eigenvalue weighted by Gasteiger charge is 2.19. The summed E-state index contributed by atoms with van der Waals surface area (Å²) in [5, 5.41) is 9.97. The van der Waals surface area contributed by atoms with Crippen LogP contribution in [0.5, 0.6) is 0 Å². The third-order valence-electron chi connectivity index (χ3n) is 8.02. The van der Waals surface area contributed by atoms with E-state index >= 15 is 0 Å². The molecule has 0 saturated heterocycles. The maximum Gasteiger partial charge on any atom is 0.0970 e. The van der Waals surface area contributed by atoms with E-state index in [9.17, 15) is 0 Å². The summed E-state index contributed by atoms with van der Waals surface area (Å²) in [6, 6.07) is 37.3. The third kappa shape index (κ3) is 2.36. The Kier molecular flexibility index (Phi) is 3.53. The Morgan fingerprint density at radius 3 is 2.14 bits per heavy atom. The zero-order valence-electron chi connectivity index (χ0n) is 19.8. The lowest BCUT2D eigenvalue weighted by Gasteiger charge is -2.16. The first-order valence-electron chi connectivity index (χ1n) is 12.6. The van der Waals surface area contributed by atoms with Crippen LogP contribution in [0.25, 0.3) is 81.8 Å². The number of hydrogen-bond acceptors (Lipinski definition) is 2. The smallest absolute Gasteiger partial charge is 0.0970 e. The predicted octanol–water partition coefficient (Wildman–Crippen LogP) is 8.75. The largest absolute Gasteiger partial charge is 0.308 e. The molecule has 170 valence electrons. The Morgan fingerprint density at radius 2 is 1.19 bits per heavy atom. The Bertz CT molecular complexity index is 2360. The summed E-state index contributed by atoms with van der Waals surface area (Å²) in [7, 11) is 0. The fraction of sp³-hybridized carbons (Fsp3) is 0. The van der Waals surface area contributed by atoms with Gasteiger partial charge in [0.05, 0.1) is 27.6 Å². The second kappa shape index (κ2) is 6.80. The van der Waals surface area contributed by atoms with Gasteiger partial charge in [-0.3, -0.25) is 9.97 Å². The van der Waals surface area contributed by atoms with Crippen molar-refractivity contribution in [3.63, 3.8) is 0 Å². The first-order valence-corrected chi connectivity index (χ1v) is 12.6.